The fraction of sp³-hybridized carbons (Fsp3) is 0.389. The van der Waals surface area contributed by atoms with E-state index in [9.17, 15) is 9.59 Å². The smallest absolute Gasteiger partial charge is 0.258 e. The molecule has 2 heterocycles. The zero-order valence-corrected chi connectivity index (χ0v) is 14.5. The third-order valence-electron chi connectivity index (χ3n) is 4.47. The zero-order valence-electron chi connectivity index (χ0n) is 14.5. The Morgan fingerprint density at radius 3 is 2.62 bits per heavy atom. The maximum atomic E-state index is 12.6. The van der Waals surface area contributed by atoms with Crippen molar-refractivity contribution in [2.45, 2.75) is 25.7 Å². The molecule has 0 aromatic carbocycles. The fourth-order valence-corrected chi connectivity index (χ4v) is 2.80. The summed E-state index contributed by atoms with van der Waals surface area (Å²) in [6.45, 7) is 1.94. The fourth-order valence-electron chi connectivity index (χ4n) is 2.80. The average molecular weight is 326 g/mol. The zero-order chi connectivity index (χ0) is 17.4. The lowest BCUT2D eigenvalue weighted by Crippen LogP contribution is -2.22. The third kappa shape index (κ3) is 3.04. The van der Waals surface area contributed by atoms with Gasteiger partial charge in [0.25, 0.3) is 11.8 Å². The molecule has 0 unspecified atom stereocenters. The van der Waals surface area contributed by atoms with Gasteiger partial charge in [-0.25, -0.2) is 4.98 Å². The second-order valence-corrected chi connectivity index (χ2v) is 6.49. The van der Waals surface area contributed by atoms with Crippen LogP contribution in [-0.2, 0) is 7.05 Å². The number of amides is 2. The molecule has 1 aliphatic carbocycles. The van der Waals surface area contributed by atoms with Crippen LogP contribution in [0.4, 0.5) is 5.82 Å². The van der Waals surface area contributed by atoms with Gasteiger partial charge in [-0.15, -0.1) is 0 Å². The maximum absolute atomic E-state index is 12.6. The second-order valence-electron chi connectivity index (χ2n) is 6.49. The lowest BCUT2D eigenvalue weighted by molar-refractivity contribution is 0.0827. The summed E-state index contributed by atoms with van der Waals surface area (Å²) in [5.41, 5.74) is 3.30. The normalized spacial score (nSPS) is 13.7. The molecule has 24 heavy (non-hydrogen) atoms. The van der Waals surface area contributed by atoms with Gasteiger partial charge in [-0.3, -0.25) is 9.59 Å². The van der Waals surface area contributed by atoms with E-state index in [1.807, 2.05) is 20.0 Å². The molecular formula is C18H22N4O2. The van der Waals surface area contributed by atoms with Gasteiger partial charge in [0.15, 0.2) is 0 Å². The van der Waals surface area contributed by atoms with Crippen molar-refractivity contribution in [3.8, 4) is 0 Å². The van der Waals surface area contributed by atoms with Crippen LogP contribution in [0.3, 0.4) is 0 Å². The molecule has 0 atom stereocenters. The number of anilines is 1. The summed E-state index contributed by atoms with van der Waals surface area (Å²) >= 11 is 0. The molecule has 2 aromatic heterocycles. The summed E-state index contributed by atoms with van der Waals surface area (Å²) in [5, 5.41) is 2.80. The number of nitrogens with one attached hydrogen (secondary N) is 1. The first-order chi connectivity index (χ1) is 11.4. The van der Waals surface area contributed by atoms with Crippen molar-refractivity contribution in [3.63, 3.8) is 0 Å². The molecule has 0 saturated heterocycles. The minimum Gasteiger partial charge on any atom is -0.351 e. The van der Waals surface area contributed by atoms with Crippen molar-refractivity contribution < 1.29 is 9.59 Å². The summed E-state index contributed by atoms with van der Waals surface area (Å²) in [6, 6.07) is 5.20. The van der Waals surface area contributed by atoms with Crippen LogP contribution in [0.15, 0.2) is 24.4 Å². The molecule has 1 aliphatic rings. The van der Waals surface area contributed by atoms with E-state index in [4.69, 9.17) is 0 Å². The lowest BCUT2D eigenvalue weighted by Gasteiger charge is -2.11. The van der Waals surface area contributed by atoms with E-state index in [0.717, 1.165) is 5.69 Å². The molecule has 2 amide bonds. The number of aromatic nitrogens is 2. The van der Waals surface area contributed by atoms with E-state index in [-0.39, 0.29) is 11.8 Å². The van der Waals surface area contributed by atoms with Crippen molar-refractivity contribution >= 4 is 17.6 Å². The number of hydrogen-bond donors (Lipinski definition) is 1. The predicted molar refractivity (Wildman–Crippen MR) is 92.3 cm³/mol. The topological polar surface area (TPSA) is 67.2 Å². The quantitative estimate of drug-likeness (QED) is 0.939. The summed E-state index contributed by atoms with van der Waals surface area (Å²) in [5.74, 6) is 0.634. The van der Waals surface area contributed by atoms with Gasteiger partial charge in [-0.2, -0.15) is 0 Å². The Morgan fingerprint density at radius 2 is 2.00 bits per heavy atom. The minimum atomic E-state index is -0.197. The van der Waals surface area contributed by atoms with E-state index in [1.54, 1.807) is 26.2 Å². The number of carbonyl (C=O) groups is 2. The van der Waals surface area contributed by atoms with Gasteiger partial charge >= 0.3 is 0 Å². The first-order valence-corrected chi connectivity index (χ1v) is 8.03. The van der Waals surface area contributed by atoms with Crippen LogP contribution >= 0.6 is 0 Å². The molecule has 126 valence electrons. The van der Waals surface area contributed by atoms with E-state index in [0.29, 0.717) is 22.9 Å². The Bertz CT molecular complexity index is 803. The molecule has 1 saturated carbocycles. The summed E-state index contributed by atoms with van der Waals surface area (Å²) in [7, 11) is 5.37. The molecule has 0 radical (unpaired) electrons. The molecule has 0 spiro atoms. The Morgan fingerprint density at radius 1 is 1.29 bits per heavy atom. The van der Waals surface area contributed by atoms with Crippen LogP contribution in [0.5, 0.6) is 0 Å². The summed E-state index contributed by atoms with van der Waals surface area (Å²) < 4.78 is 2.09. The van der Waals surface area contributed by atoms with E-state index in [2.05, 4.69) is 14.9 Å². The van der Waals surface area contributed by atoms with Crippen molar-refractivity contribution in [1.29, 1.82) is 0 Å². The number of rotatable bonds is 4. The van der Waals surface area contributed by atoms with Gasteiger partial charge in [0.2, 0.25) is 0 Å². The molecule has 6 heteroatoms. The first kappa shape index (κ1) is 16.2. The van der Waals surface area contributed by atoms with Gasteiger partial charge in [0, 0.05) is 44.3 Å². The molecule has 3 rings (SSSR count). The highest BCUT2D eigenvalue weighted by Gasteiger charge is 2.29. The first-order valence-electron chi connectivity index (χ1n) is 8.03. The summed E-state index contributed by atoms with van der Waals surface area (Å²) in [4.78, 5) is 30.3. The van der Waals surface area contributed by atoms with Crippen LogP contribution in [0, 0.1) is 6.92 Å². The monoisotopic (exact) mass is 326 g/mol. The minimum absolute atomic E-state index is 0.125. The van der Waals surface area contributed by atoms with Crippen LogP contribution in [0.25, 0.3) is 0 Å². The second kappa shape index (κ2) is 6.11. The molecule has 0 bridgehead atoms. The van der Waals surface area contributed by atoms with Gasteiger partial charge < -0.3 is 14.8 Å². The van der Waals surface area contributed by atoms with Crippen LogP contribution in [0.2, 0.25) is 0 Å². The standard InChI is InChI=1S/C18H22N4O2/c1-11-14(10-15(22(11)4)12-5-6-12)17(23)20-16-9-13(7-8-19-16)18(24)21(2)3/h7-10,12H,5-6H2,1-4H3,(H,19,20,23). The van der Waals surface area contributed by atoms with Gasteiger partial charge in [-0.1, -0.05) is 0 Å². The number of carbonyl (C=O) groups excluding carboxylic acids is 2. The molecule has 1 fully saturated rings. The Kier molecular flexibility index (Phi) is 4.13. The molecule has 2 aromatic rings. The van der Waals surface area contributed by atoms with E-state index in [1.165, 1.54) is 29.6 Å². The van der Waals surface area contributed by atoms with E-state index < -0.39 is 0 Å². The van der Waals surface area contributed by atoms with Crippen LogP contribution in [0.1, 0.15) is 50.9 Å². The SMILES string of the molecule is Cc1c(C(=O)Nc2cc(C(=O)N(C)C)ccn2)cc(C2CC2)n1C. The molecule has 1 N–H and O–H groups in total. The number of pyridine rings is 1. The maximum Gasteiger partial charge on any atom is 0.258 e. The van der Waals surface area contributed by atoms with Crippen molar-refractivity contribution in [1.82, 2.24) is 14.5 Å². The van der Waals surface area contributed by atoms with Crippen LogP contribution in [-0.4, -0.2) is 40.4 Å². The highest BCUT2D eigenvalue weighted by molar-refractivity contribution is 6.05. The summed E-state index contributed by atoms with van der Waals surface area (Å²) in [6.07, 6.45) is 3.91. The average Bonchev–Trinajstić information content (AvgIpc) is 3.34. The predicted octanol–water partition coefficient (Wildman–Crippen LogP) is 2.56. The highest BCUT2D eigenvalue weighted by atomic mass is 16.2. The van der Waals surface area contributed by atoms with E-state index >= 15 is 0 Å². The largest absolute Gasteiger partial charge is 0.351 e. The Balaban J connectivity index is 1.81. The van der Waals surface area contributed by atoms with Crippen molar-refractivity contribution in [3.05, 3.63) is 46.9 Å². The molecular weight excluding hydrogens is 304 g/mol. The lowest BCUT2D eigenvalue weighted by atomic mass is 10.2. The number of nitrogens with zero attached hydrogens (tertiary/aromatic N) is 3. The van der Waals surface area contributed by atoms with Gasteiger partial charge in [0.05, 0.1) is 5.56 Å². The van der Waals surface area contributed by atoms with Crippen molar-refractivity contribution in [2.24, 2.45) is 7.05 Å². The van der Waals surface area contributed by atoms with Crippen molar-refractivity contribution in [2.75, 3.05) is 19.4 Å². The van der Waals surface area contributed by atoms with Gasteiger partial charge in [-0.05, 0) is 43.9 Å². The molecule has 0 aliphatic heterocycles. The Labute approximate surface area is 141 Å². The third-order valence-corrected chi connectivity index (χ3v) is 4.47. The van der Waals surface area contributed by atoms with Crippen LogP contribution < -0.4 is 5.32 Å². The molecule has 6 nitrogen and oxygen atoms in total. The van der Waals surface area contributed by atoms with Gasteiger partial charge in [0.1, 0.15) is 5.82 Å². The highest BCUT2D eigenvalue weighted by Crippen LogP contribution is 2.41. The Hall–Kier alpha value is -2.63. The number of hydrogen-bond acceptors (Lipinski definition) is 3.